The largest absolute Gasteiger partial charge is 0.465 e. The van der Waals surface area contributed by atoms with Crippen LogP contribution in [0.5, 0.6) is 0 Å². The van der Waals surface area contributed by atoms with Crippen LogP contribution in [0.3, 0.4) is 0 Å². The summed E-state index contributed by atoms with van der Waals surface area (Å²) >= 11 is 0. The number of imide groups is 1. The molecule has 3 rings (SSSR count). The van der Waals surface area contributed by atoms with E-state index in [1.165, 1.54) is 31.5 Å². The molecule has 1 aliphatic rings. The van der Waals surface area contributed by atoms with E-state index in [9.17, 15) is 19.2 Å². The monoisotopic (exact) mass is 353 g/mol. The van der Waals surface area contributed by atoms with Gasteiger partial charge in [0.1, 0.15) is 5.69 Å². The van der Waals surface area contributed by atoms with Gasteiger partial charge in [-0.05, 0) is 36.4 Å². The van der Waals surface area contributed by atoms with Gasteiger partial charge in [0.25, 0.3) is 11.8 Å². The fourth-order valence-electron chi connectivity index (χ4n) is 2.56. The molecule has 0 saturated carbocycles. The third kappa shape index (κ3) is 3.30. The topological polar surface area (TPSA) is 106 Å². The summed E-state index contributed by atoms with van der Waals surface area (Å²) in [7, 11) is 1.28. The predicted molar refractivity (Wildman–Crippen MR) is 90.6 cm³/mol. The Morgan fingerprint density at radius 3 is 2.50 bits per heavy atom. The molecule has 0 unspecified atom stereocenters. The van der Waals surface area contributed by atoms with Crippen LogP contribution in [0.15, 0.2) is 42.6 Å². The fraction of sp³-hybridized carbons (Fsp3) is 0.167. The molecule has 1 aliphatic heterocycles. The first-order valence-electron chi connectivity index (χ1n) is 7.80. The van der Waals surface area contributed by atoms with Crippen molar-refractivity contribution in [1.82, 2.24) is 9.88 Å². The molecule has 0 atom stereocenters. The van der Waals surface area contributed by atoms with Gasteiger partial charge in [0.2, 0.25) is 5.91 Å². The van der Waals surface area contributed by atoms with Crippen molar-refractivity contribution in [3.8, 4) is 0 Å². The Hall–Kier alpha value is -3.55. The van der Waals surface area contributed by atoms with E-state index in [2.05, 4.69) is 15.0 Å². The summed E-state index contributed by atoms with van der Waals surface area (Å²) < 4.78 is 4.60. The second-order valence-corrected chi connectivity index (χ2v) is 5.53. The lowest BCUT2D eigenvalue weighted by molar-refractivity contribution is -0.116. The number of benzene rings is 1. The number of amides is 3. The van der Waals surface area contributed by atoms with Gasteiger partial charge in [-0.3, -0.25) is 24.3 Å². The average molecular weight is 353 g/mol. The van der Waals surface area contributed by atoms with E-state index in [4.69, 9.17) is 0 Å². The highest BCUT2D eigenvalue weighted by molar-refractivity contribution is 6.20. The van der Waals surface area contributed by atoms with Crippen molar-refractivity contribution in [1.29, 1.82) is 0 Å². The minimum Gasteiger partial charge on any atom is -0.465 e. The number of aromatic nitrogens is 1. The van der Waals surface area contributed by atoms with Crippen LogP contribution in [-0.4, -0.2) is 47.2 Å². The molecule has 0 saturated heterocycles. The Balaban J connectivity index is 1.57. The van der Waals surface area contributed by atoms with Gasteiger partial charge in [-0.15, -0.1) is 0 Å². The van der Waals surface area contributed by atoms with E-state index in [0.29, 0.717) is 11.3 Å². The maximum absolute atomic E-state index is 12.2. The molecule has 1 N–H and O–H groups in total. The lowest BCUT2D eigenvalue weighted by Gasteiger charge is -2.13. The van der Waals surface area contributed by atoms with Crippen molar-refractivity contribution < 1.29 is 23.9 Å². The molecule has 132 valence electrons. The van der Waals surface area contributed by atoms with Crippen LogP contribution >= 0.6 is 0 Å². The summed E-state index contributed by atoms with van der Waals surface area (Å²) in [6.45, 7) is -0.0416. The number of carbonyl (C=O) groups excluding carboxylic acids is 4. The number of nitrogens with one attached hydrogen (secondary N) is 1. The van der Waals surface area contributed by atoms with Crippen molar-refractivity contribution in [3.05, 3.63) is 59.4 Å². The van der Waals surface area contributed by atoms with Crippen molar-refractivity contribution in [2.45, 2.75) is 6.42 Å². The number of methoxy groups -OCH3 is 1. The summed E-state index contributed by atoms with van der Waals surface area (Å²) in [4.78, 5) is 52.7. The van der Waals surface area contributed by atoms with Crippen LogP contribution < -0.4 is 5.32 Å². The number of hydrogen-bond donors (Lipinski definition) is 1. The van der Waals surface area contributed by atoms with E-state index in [-0.39, 0.29) is 30.1 Å². The lowest BCUT2D eigenvalue weighted by atomic mass is 10.2. The van der Waals surface area contributed by atoms with Crippen molar-refractivity contribution in [2.24, 2.45) is 0 Å². The number of anilines is 1. The second kappa shape index (κ2) is 7.14. The molecule has 0 spiro atoms. The quantitative estimate of drug-likeness (QED) is 0.645. The van der Waals surface area contributed by atoms with Crippen LogP contribution in [0.4, 0.5) is 5.69 Å². The fourth-order valence-corrected chi connectivity index (χ4v) is 2.56. The highest BCUT2D eigenvalue weighted by atomic mass is 16.5. The molecule has 1 aromatic heterocycles. The van der Waals surface area contributed by atoms with Gasteiger partial charge < -0.3 is 10.1 Å². The standard InChI is InChI=1S/C18H15N3O5/c1-26-18(25)11-4-6-12(7-5-11)20-14(22)8-10-21-16(23)13-3-2-9-19-15(13)17(21)24/h2-7,9H,8,10H2,1H3,(H,20,22). The molecule has 26 heavy (non-hydrogen) atoms. The number of fused-ring (bicyclic) bond motifs is 1. The zero-order chi connectivity index (χ0) is 18.7. The molecule has 0 aliphatic carbocycles. The minimum atomic E-state index is -0.499. The molecule has 0 radical (unpaired) electrons. The third-order valence-corrected chi connectivity index (χ3v) is 3.88. The van der Waals surface area contributed by atoms with Crippen LogP contribution in [0.2, 0.25) is 0 Å². The Morgan fingerprint density at radius 2 is 1.85 bits per heavy atom. The molecule has 0 fully saturated rings. The molecule has 1 aromatic carbocycles. The average Bonchev–Trinajstić information content (AvgIpc) is 2.91. The number of hydrogen-bond acceptors (Lipinski definition) is 6. The van der Waals surface area contributed by atoms with Crippen LogP contribution in [0, 0.1) is 0 Å². The van der Waals surface area contributed by atoms with Gasteiger partial charge in [-0.2, -0.15) is 0 Å². The summed E-state index contributed by atoms with van der Waals surface area (Å²) in [5, 5.41) is 2.64. The van der Waals surface area contributed by atoms with Gasteiger partial charge in [0.15, 0.2) is 0 Å². The highest BCUT2D eigenvalue weighted by Crippen LogP contribution is 2.20. The van der Waals surface area contributed by atoms with E-state index < -0.39 is 17.8 Å². The molecule has 2 heterocycles. The van der Waals surface area contributed by atoms with E-state index >= 15 is 0 Å². The molecule has 2 aromatic rings. The number of esters is 1. The first kappa shape index (κ1) is 17.3. The molecule has 8 nitrogen and oxygen atoms in total. The smallest absolute Gasteiger partial charge is 0.337 e. The SMILES string of the molecule is COC(=O)c1ccc(NC(=O)CCN2C(=O)c3cccnc3C2=O)cc1. The third-order valence-electron chi connectivity index (χ3n) is 3.88. The van der Waals surface area contributed by atoms with Gasteiger partial charge in [0.05, 0.1) is 18.2 Å². The predicted octanol–water partition coefficient (Wildman–Crippen LogP) is 1.49. The number of ether oxygens (including phenoxy) is 1. The van der Waals surface area contributed by atoms with E-state index in [0.717, 1.165) is 4.90 Å². The number of nitrogens with zero attached hydrogens (tertiary/aromatic N) is 2. The van der Waals surface area contributed by atoms with Gasteiger partial charge in [0, 0.05) is 24.8 Å². The molecule has 0 bridgehead atoms. The Labute approximate surface area is 148 Å². The first-order valence-corrected chi connectivity index (χ1v) is 7.80. The van der Waals surface area contributed by atoms with Crippen molar-refractivity contribution in [3.63, 3.8) is 0 Å². The Morgan fingerprint density at radius 1 is 1.12 bits per heavy atom. The summed E-state index contributed by atoms with van der Waals surface area (Å²) in [5.74, 6) is -1.78. The second-order valence-electron chi connectivity index (χ2n) is 5.53. The van der Waals surface area contributed by atoms with Crippen molar-refractivity contribution >= 4 is 29.4 Å². The minimum absolute atomic E-state index is 0.0416. The maximum atomic E-state index is 12.2. The molecule has 3 amide bonds. The van der Waals surface area contributed by atoms with E-state index in [1.54, 1.807) is 18.2 Å². The molecular formula is C18H15N3O5. The number of carbonyl (C=O) groups is 4. The van der Waals surface area contributed by atoms with Crippen molar-refractivity contribution in [2.75, 3.05) is 19.0 Å². The Bertz CT molecular complexity index is 857. The normalized spacial score (nSPS) is 12.7. The number of rotatable bonds is 5. The zero-order valence-electron chi connectivity index (χ0n) is 13.9. The van der Waals surface area contributed by atoms with Crippen LogP contribution in [0.25, 0.3) is 0 Å². The zero-order valence-corrected chi connectivity index (χ0v) is 13.9. The summed E-state index contributed by atoms with van der Waals surface area (Å²) in [6, 6.07) is 9.30. The van der Waals surface area contributed by atoms with Gasteiger partial charge >= 0.3 is 5.97 Å². The van der Waals surface area contributed by atoms with Crippen LogP contribution in [0.1, 0.15) is 37.6 Å². The molecular weight excluding hydrogens is 338 g/mol. The number of pyridine rings is 1. The highest BCUT2D eigenvalue weighted by Gasteiger charge is 2.36. The van der Waals surface area contributed by atoms with Gasteiger partial charge in [-0.25, -0.2) is 4.79 Å². The lowest BCUT2D eigenvalue weighted by Crippen LogP contribution is -2.33. The van der Waals surface area contributed by atoms with Gasteiger partial charge in [-0.1, -0.05) is 0 Å². The molecule has 8 heteroatoms. The summed E-state index contributed by atoms with van der Waals surface area (Å²) in [5.41, 5.74) is 1.21. The maximum Gasteiger partial charge on any atom is 0.337 e. The van der Waals surface area contributed by atoms with E-state index in [1.807, 2.05) is 0 Å². The first-order chi connectivity index (χ1) is 12.5. The summed E-state index contributed by atoms with van der Waals surface area (Å²) in [6.07, 6.45) is 1.39. The van der Waals surface area contributed by atoms with Crippen LogP contribution in [-0.2, 0) is 9.53 Å². The Kier molecular flexibility index (Phi) is 4.74.